The van der Waals surface area contributed by atoms with Crippen molar-refractivity contribution in [2.45, 2.75) is 43.0 Å². The minimum atomic E-state index is -4.00. The third-order valence-electron chi connectivity index (χ3n) is 2.96. The molecule has 0 aromatic heterocycles. The van der Waals surface area contributed by atoms with Gasteiger partial charge >= 0.3 is 6.18 Å². The molecule has 0 amide bonds. The van der Waals surface area contributed by atoms with E-state index < -0.39 is 12.6 Å². The second-order valence-corrected chi connectivity index (χ2v) is 5.41. The minimum Gasteiger partial charge on any atom is -0.315 e. The number of halogens is 3. The lowest BCUT2D eigenvalue weighted by Gasteiger charge is -2.40. The Balaban J connectivity index is 2.02. The van der Waals surface area contributed by atoms with Gasteiger partial charge in [-0.25, -0.2) is 0 Å². The molecule has 0 bridgehead atoms. The van der Waals surface area contributed by atoms with Crippen LogP contribution in [0.3, 0.4) is 0 Å². The Bertz CT molecular complexity index is 184. The van der Waals surface area contributed by atoms with Crippen molar-refractivity contribution in [3.8, 4) is 0 Å². The molecule has 0 aromatic rings. The van der Waals surface area contributed by atoms with Gasteiger partial charge in [0.2, 0.25) is 0 Å². The fraction of sp³-hybridized carbons (Fsp3) is 1.00. The van der Waals surface area contributed by atoms with E-state index in [1.54, 1.807) is 0 Å². The highest BCUT2D eigenvalue weighted by Crippen LogP contribution is 2.42. The molecular formula is C10H18F3NS. The van der Waals surface area contributed by atoms with Crippen LogP contribution in [0.5, 0.6) is 0 Å². The smallest absolute Gasteiger partial charge is 0.315 e. The minimum absolute atomic E-state index is 0.188. The zero-order valence-electron chi connectivity index (χ0n) is 8.99. The monoisotopic (exact) mass is 241 g/mol. The summed E-state index contributed by atoms with van der Waals surface area (Å²) in [5.74, 6) is 0. The van der Waals surface area contributed by atoms with Gasteiger partial charge < -0.3 is 5.32 Å². The van der Waals surface area contributed by atoms with E-state index in [1.165, 1.54) is 19.3 Å². The highest BCUT2D eigenvalue weighted by Gasteiger charge is 2.35. The Hall–Kier alpha value is 0.100. The molecule has 1 rings (SSSR count). The highest BCUT2D eigenvalue weighted by molar-refractivity contribution is 8.00. The van der Waals surface area contributed by atoms with E-state index in [-0.39, 0.29) is 6.42 Å². The van der Waals surface area contributed by atoms with Gasteiger partial charge in [0.1, 0.15) is 0 Å². The van der Waals surface area contributed by atoms with Gasteiger partial charge in [-0.3, -0.25) is 0 Å². The molecule has 1 aliphatic carbocycles. The lowest BCUT2D eigenvalue weighted by molar-refractivity contribution is -0.135. The second kappa shape index (κ2) is 5.43. The lowest BCUT2D eigenvalue weighted by Crippen LogP contribution is -2.43. The predicted octanol–water partition coefficient (Wildman–Crippen LogP) is 3.20. The van der Waals surface area contributed by atoms with Crippen LogP contribution in [0.4, 0.5) is 13.2 Å². The van der Waals surface area contributed by atoms with E-state index in [0.29, 0.717) is 11.3 Å². The molecule has 0 spiro atoms. The van der Waals surface area contributed by atoms with Crippen LogP contribution in [0, 0.1) is 0 Å². The number of hydrogen-bond acceptors (Lipinski definition) is 2. The van der Waals surface area contributed by atoms with Gasteiger partial charge in [-0.05, 0) is 32.1 Å². The number of nitrogens with one attached hydrogen (secondary N) is 1. The van der Waals surface area contributed by atoms with Gasteiger partial charge in [0.15, 0.2) is 0 Å². The Labute approximate surface area is 93.2 Å². The maximum absolute atomic E-state index is 11.8. The zero-order chi connectivity index (χ0) is 11.4. The molecule has 0 saturated heterocycles. The fourth-order valence-electron chi connectivity index (χ4n) is 1.75. The zero-order valence-corrected chi connectivity index (χ0v) is 9.81. The van der Waals surface area contributed by atoms with E-state index in [2.05, 4.69) is 11.6 Å². The topological polar surface area (TPSA) is 12.0 Å². The summed E-state index contributed by atoms with van der Waals surface area (Å²) in [6, 6.07) is 0. The molecule has 1 aliphatic rings. The average Bonchev–Trinajstić information content (AvgIpc) is 2.06. The predicted molar refractivity (Wildman–Crippen MR) is 58.3 cm³/mol. The van der Waals surface area contributed by atoms with Crippen molar-refractivity contribution in [3.63, 3.8) is 0 Å². The molecule has 0 heterocycles. The van der Waals surface area contributed by atoms with Crippen molar-refractivity contribution in [2.75, 3.05) is 19.3 Å². The number of rotatable bonds is 6. The summed E-state index contributed by atoms with van der Waals surface area (Å²) < 4.78 is 35.8. The first-order valence-corrected chi connectivity index (χ1v) is 6.53. The maximum atomic E-state index is 11.8. The van der Waals surface area contributed by atoms with Crippen molar-refractivity contribution in [1.82, 2.24) is 5.32 Å². The summed E-state index contributed by atoms with van der Waals surface area (Å²) in [5.41, 5.74) is 0. The third kappa shape index (κ3) is 4.64. The second-order valence-electron chi connectivity index (χ2n) is 4.14. The van der Waals surface area contributed by atoms with Gasteiger partial charge in [0, 0.05) is 17.7 Å². The van der Waals surface area contributed by atoms with Crippen LogP contribution in [0.1, 0.15) is 32.1 Å². The molecule has 0 atom stereocenters. The Kier molecular flexibility index (Phi) is 4.77. The van der Waals surface area contributed by atoms with Gasteiger partial charge in [0.25, 0.3) is 0 Å². The molecule has 5 heteroatoms. The van der Waals surface area contributed by atoms with E-state index in [0.717, 1.165) is 6.54 Å². The van der Waals surface area contributed by atoms with Crippen LogP contribution in [0.25, 0.3) is 0 Å². The maximum Gasteiger partial charge on any atom is 0.389 e. The highest BCUT2D eigenvalue weighted by atomic mass is 32.2. The summed E-state index contributed by atoms with van der Waals surface area (Å²) in [6.07, 6.45) is 1.23. The van der Waals surface area contributed by atoms with Crippen molar-refractivity contribution in [2.24, 2.45) is 0 Å². The number of hydrogen-bond donors (Lipinski definition) is 1. The molecule has 90 valence electrons. The third-order valence-corrected chi connectivity index (χ3v) is 4.38. The van der Waals surface area contributed by atoms with Crippen molar-refractivity contribution >= 4 is 11.8 Å². The van der Waals surface area contributed by atoms with Crippen LogP contribution < -0.4 is 5.32 Å². The first kappa shape index (κ1) is 13.2. The Morgan fingerprint density at radius 1 is 1.33 bits per heavy atom. The first-order valence-electron chi connectivity index (χ1n) is 5.30. The molecule has 0 unspecified atom stereocenters. The van der Waals surface area contributed by atoms with Crippen molar-refractivity contribution in [1.29, 1.82) is 0 Å². The summed E-state index contributed by atoms with van der Waals surface area (Å²) in [7, 11) is 0. The Morgan fingerprint density at radius 2 is 2.00 bits per heavy atom. The van der Waals surface area contributed by atoms with E-state index in [4.69, 9.17) is 0 Å². The van der Waals surface area contributed by atoms with Gasteiger partial charge in [-0.15, -0.1) is 0 Å². The molecule has 15 heavy (non-hydrogen) atoms. The molecule has 1 N–H and O–H groups in total. The largest absolute Gasteiger partial charge is 0.389 e. The number of alkyl halides is 3. The molecule has 0 radical (unpaired) electrons. The summed E-state index contributed by atoms with van der Waals surface area (Å²) >= 11 is 1.84. The van der Waals surface area contributed by atoms with Crippen LogP contribution >= 0.6 is 11.8 Å². The molecule has 0 aliphatic heterocycles. The fourth-order valence-corrected chi connectivity index (χ4v) is 2.70. The Morgan fingerprint density at radius 3 is 2.40 bits per heavy atom. The van der Waals surface area contributed by atoms with Crippen LogP contribution in [-0.4, -0.2) is 30.3 Å². The van der Waals surface area contributed by atoms with Crippen molar-refractivity contribution < 1.29 is 13.2 Å². The molecular weight excluding hydrogens is 223 g/mol. The molecule has 1 fully saturated rings. The molecule has 1 nitrogen and oxygen atoms in total. The quantitative estimate of drug-likeness (QED) is 0.717. The normalized spacial score (nSPS) is 20.0. The van der Waals surface area contributed by atoms with Crippen LogP contribution in [-0.2, 0) is 0 Å². The number of thioether (sulfide) groups is 1. The van der Waals surface area contributed by atoms with E-state index in [1.807, 2.05) is 11.8 Å². The van der Waals surface area contributed by atoms with E-state index >= 15 is 0 Å². The van der Waals surface area contributed by atoms with E-state index in [9.17, 15) is 13.2 Å². The summed E-state index contributed by atoms with van der Waals surface area (Å²) in [5, 5.41) is 3.13. The molecule has 1 saturated carbocycles. The lowest BCUT2D eigenvalue weighted by atomic mass is 9.84. The summed E-state index contributed by atoms with van der Waals surface area (Å²) in [4.78, 5) is 0. The summed E-state index contributed by atoms with van der Waals surface area (Å²) in [6.45, 7) is 1.33. The standard InChI is InChI=1S/C10H18F3NS/c1-15-9(4-2-5-9)8-14-7-3-6-10(11,12)13/h14H,2-8H2,1H3. The van der Waals surface area contributed by atoms with Gasteiger partial charge in [-0.1, -0.05) is 6.42 Å². The van der Waals surface area contributed by atoms with Gasteiger partial charge in [-0.2, -0.15) is 24.9 Å². The average molecular weight is 241 g/mol. The van der Waals surface area contributed by atoms with Gasteiger partial charge in [0.05, 0.1) is 0 Å². The molecule has 0 aromatic carbocycles. The van der Waals surface area contributed by atoms with Crippen LogP contribution in [0.15, 0.2) is 0 Å². The SMILES string of the molecule is CSC1(CNCCCC(F)(F)F)CCC1. The van der Waals surface area contributed by atoms with Crippen molar-refractivity contribution in [3.05, 3.63) is 0 Å². The first-order chi connectivity index (χ1) is 6.97. The van der Waals surface area contributed by atoms with Crippen LogP contribution in [0.2, 0.25) is 0 Å².